The molecule has 1 amide bonds. The molecule has 6 nitrogen and oxygen atoms in total. The highest BCUT2D eigenvalue weighted by molar-refractivity contribution is 6.06. The lowest BCUT2D eigenvalue weighted by molar-refractivity contribution is 0.0952. The second-order valence-electron chi connectivity index (χ2n) is 5.84. The number of hydrogen-bond donors (Lipinski definition) is 1. The number of aryl methyl sites for hydroxylation is 1. The minimum absolute atomic E-state index is 0.222. The Morgan fingerprint density at radius 1 is 1.04 bits per heavy atom. The summed E-state index contributed by atoms with van der Waals surface area (Å²) >= 11 is 0. The van der Waals surface area contributed by atoms with Crippen LogP contribution in [0.3, 0.4) is 0 Å². The molecule has 0 aliphatic carbocycles. The van der Waals surface area contributed by atoms with E-state index in [4.69, 9.17) is 9.47 Å². The van der Waals surface area contributed by atoms with Crippen LogP contribution in [-0.4, -0.2) is 24.7 Å². The van der Waals surface area contributed by atoms with Crippen molar-refractivity contribution in [1.82, 2.24) is 9.88 Å². The van der Waals surface area contributed by atoms with Gasteiger partial charge in [-0.25, -0.2) is 0 Å². The number of amides is 1. The number of carbonyl (C=O) groups is 1. The summed E-state index contributed by atoms with van der Waals surface area (Å²) in [4.78, 5) is 24.8. The van der Waals surface area contributed by atoms with E-state index < -0.39 is 0 Å². The molecule has 1 heterocycles. The van der Waals surface area contributed by atoms with Crippen LogP contribution in [0.25, 0.3) is 10.9 Å². The van der Waals surface area contributed by atoms with Crippen molar-refractivity contribution in [3.8, 4) is 11.5 Å². The van der Waals surface area contributed by atoms with Gasteiger partial charge in [0.2, 0.25) is 0 Å². The third-order valence-corrected chi connectivity index (χ3v) is 4.30. The Kier molecular flexibility index (Phi) is 4.93. The summed E-state index contributed by atoms with van der Waals surface area (Å²) in [6, 6.07) is 14.2. The van der Waals surface area contributed by atoms with Gasteiger partial charge in [-0.2, -0.15) is 0 Å². The summed E-state index contributed by atoms with van der Waals surface area (Å²) in [7, 11) is 4.82. The lowest BCUT2D eigenvalue weighted by atomic mass is 10.1. The zero-order valence-corrected chi connectivity index (χ0v) is 14.9. The molecule has 0 unspecified atom stereocenters. The second kappa shape index (κ2) is 7.31. The van der Waals surface area contributed by atoms with Crippen LogP contribution in [0.15, 0.2) is 53.3 Å². The van der Waals surface area contributed by atoms with Gasteiger partial charge in [0.05, 0.1) is 25.3 Å². The van der Waals surface area contributed by atoms with E-state index in [9.17, 15) is 9.59 Å². The smallest absolute Gasteiger partial charge is 0.252 e. The molecule has 0 spiro atoms. The lowest BCUT2D eigenvalue weighted by Gasteiger charge is -2.12. The molecule has 2 aromatic carbocycles. The summed E-state index contributed by atoms with van der Waals surface area (Å²) in [5, 5.41) is 3.59. The van der Waals surface area contributed by atoms with Gasteiger partial charge >= 0.3 is 0 Å². The van der Waals surface area contributed by atoms with Crippen molar-refractivity contribution in [1.29, 1.82) is 0 Å². The second-order valence-corrected chi connectivity index (χ2v) is 5.84. The molecule has 26 heavy (non-hydrogen) atoms. The number of aromatic nitrogens is 1. The molecule has 0 radical (unpaired) electrons. The minimum atomic E-state index is -0.298. The zero-order chi connectivity index (χ0) is 18.7. The highest BCUT2D eigenvalue weighted by atomic mass is 16.5. The van der Waals surface area contributed by atoms with Gasteiger partial charge in [0.25, 0.3) is 11.5 Å². The monoisotopic (exact) mass is 352 g/mol. The summed E-state index contributed by atoms with van der Waals surface area (Å²) in [6.45, 7) is 0.308. The zero-order valence-electron chi connectivity index (χ0n) is 14.9. The fourth-order valence-corrected chi connectivity index (χ4v) is 2.87. The molecule has 1 N–H and O–H groups in total. The number of hydrogen-bond acceptors (Lipinski definition) is 4. The third-order valence-electron chi connectivity index (χ3n) is 4.30. The SMILES string of the molecule is COc1ccc(CNC(=O)c2cc(=O)n(C)c3ccccc23)cc1OC. The molecular formula is C20H20N2O4. The van der Waals surface area contributed by atoms with Crippen LogP contribution >= 0.6 is 0 Å². The number of ether oxygens (including phenoxy) is 2. The van der Waals surface area contributed by atoms with Gasteiger partial charge in [0.1, 0.15) is 0 Å². The first-order valence-corrected chi connectivity index (χ1v) is 8.13. The van der Waals surface area contributed by atoms with Crippen LogP contribution in [0.1, 0.15) is 15.9 Å². The predicted octanol–water partition coefficient (Wildman–Crippen LogP) is 2.49. The topological polar surface area (TPSA) is 69.6 Å². The van der Waals surface area contributed by atoms with Crippen LogP contribution < -0.4 is 20.3 Å². The van der Waals surface area contributed by atoms with Crippen LogP contribution in [-0.2, 0) is 13.6 Å². The van der Waals surface area contributed by atoms with Crippen molar-refractivity contribution in [2.45, 2.75) is 6.54 Å². The van der Waals surface area contributed by atoms with E-state index in [1.54, 1.807) is 33.4 Å². The summed E-state index contributed by atoms with van der Waals surface area (Å²) in [5.74, 6) is 0.923. The molecular weight excluding hydrogens is 332 g/mol. The number of methoxy groups -OCH3 is 2. The van der Waals surface area contributed by atoms with Gasteiger partial charge in [0, 0.05) is 25.0 Å². The maximum absolute atomic E-state index is 12.7. The van der Waals surface area contributed by atoms with E-state index >= 15 is 0 Å². The molecule has 3 aromatic rings. The van der Waals surface area contributed by atoms with Gasteiger partial charge in [-0.15, -0.1) is 0 Å². The van der Waals surface area contributed by atoms with E-state index in [1.165, 1.54) is 10.6 Å². The van der Waals surface area contributed by atoms with Crippen LogP contribution in [0, 0.1) is 0 Å². The number of benzene rings is 2. The fraction of sp³-hybridized carbons (Fsp3) is 0.200. The average molecular weight is 352 g/mol. The van der Waals surface area contributed by atoms with Crippen LogP contribution in [0.2, 0.25) is 0 Å². The van der Waals surface area contributed by atoms with Crippen LogP contribution in [0.5, 0.6) is 11.5 Å². The highest BCUT2D eigenvalue weighted by Gasteiger charge is 2.13. The van der Waals surface area contributed by atoms with Gasteiger partial charge in [-0.3, -0.25) is 9.59 Å². The standard InChI is InChI=1S/C20H20N2O4/c1-22-16-7-5-4-6-14(16)15(11-19(22)23)20(24)21-12-13-8-9-17(25-2)18(10-13)26-3/h4-11H,12H2,1-3H3,(H,21,24). The van der Waals surface area contributed by atoms with Gasteiger partial charge in [-0.05, 0) is 23.8 Å². The Morgan fingerprint density at radius 2 is 1.77 bits per heavy atom. The number of nitrogens with one attached hydrogen (secondary N) is 1. The van der Waals surface area contributed by atoms with E-state index in [1.807, 2.05) is 30.3 Å². The number of rotatable bonds is 5. The van der Waals surface area contributed by atoms with Crippen molar-refractivity contribution in [3.05, 3.63) is 70.0 Å². The first-order chi connectivity index (χ1) is 12.5. The molecule has 134 valence electrons. The maximum Gasteiger partial charge on any atom is 0.252 e. The molecule has 0 saturated heterocycles. The molecule has 0 fully saturated rings. The Labute approximate surface area is 151 Å². The van der Waals surface area contributed by atoms with Gasteiger partial charge < -0.3 is 19.4 Å². The molecule has 0 aliphatic rings. The third kappa shape index (κ3) is 3.26. The van der Waals surface area contributed by atoms with Crippen molar-refractivity contribution in [2.75, 3.05) is 14.2 Å². The first-order valence-electron chi connectivity index (χ1n) is 8.13. The normalized spacial score (nSPS) is 10.6. The van der Waals surface area contributed by atoms with Gasteiger partial charge in [-0.1, -0.05) is 24.3 Å². The molecule has 0 bridgehead atoms. The van der Waals surface area contributed by atoms with Crippen molar-refractivity contribution >= 4 is 16.8 Å². The summed E-state index contributed by atoms with van der Waals surface area (Å²) in [6.07, 6.45) is 0. The van der Waals surface area contributed by atoms with E-state index in [-0.39, 0.29) is 11.5 Å². The summed E-state index contributed by atoms with van der Waals surface area (Å²) < 4.78 is 12.0. The minimum Gasteiger partial charge on any atom is -0.493 e. The number of nitrogens with zero attached hydrogens (tertiary/aromatic N) is 1. The van der Waals surface area contributed by atoms with E-state index in [0.717, 1.165) is 16.5 Å². The largest absolute Gasteiger partial charge is 0.493 e. The molecule has 0 saturated carbocycles. The van der Waals surface area contributed by atoms with Crippen LogP contribution in [0.4, 0.5) is 0 Å². The van der Waals surface area contributed by atoms with E-state index in [0.29, 0.717) is 23.6 Å². The number of para-hydroxylation sites is 1. The summed E-state index contributed by atoms with van der Waals surface area (Å²) in [5.41, 5.74) is 1.73. The average Bonchev–Trinajstić information content (AvgIpc) is 2.68. The van der Waals surface area contributed by atoms with Crippen molar-refractivity contribution < 1.29 is 14.3 Å². The van der Waals surface area contributed by atoms with Gasteiger partial charge in [0.15, 0.2) is 11.5 Å². The quantitative estimate of drug-likeness (QED) is 0.766. The molecule has 6 heteroatoms. The fourth-order valence-electron chi connectivity index (χ4n) is 2.87. The number of fused-ring (bicyclic) bond motifs is 1. The Morgan fingerprint density at radius 3 is 2.50 bits per heavy atom. The first kappa shape index (κ1) is 17.5. The molecule has 3 rings (SSSR count). The lowest BCUT2D eigenvalue weighted by Crippen LogP contribution is -2.26. The van der Waals surface area contributed by atoms with Crippen molar-refractivity contribution in [3.63, 3.8) is 0 Å². The highest BCUT2D eigenvalue weighted by Crippen LogP contribution is 2.27. The van der Waals surface area contributed by atoms with E-state index in [2.05, 4.69) is 5.32 Å². The molecule has 0 aliphatic heterocycles. The number of pyridine rings is 1. The Bertz CT molecular complexity index is 1020. The van der Waals surface area contributed by atoms with Crippen molar-refractivity contribution in [2.24, 2.45) is 7.05 Å². The molecule has 0 atom stereocenters. The maximum atomic E-state index is 12.7. The molecule has 1 aromatic heterocycles. The Balaban J connectivity index is 1.87. The Hall–Kier alpha value is -3.28. The predicted molar refractivity (Wildman–Crippen MR) is 99.9 cm³/mol. The number of carbonyl (C=O) groups excluding carboxylic acids is 1.